The molecule has 0 radical (unpaired) electrons. The van der Waals surface area contributed by atoms with Crippen molar-refractivity contribution in [2.24, 2.45) is 5.41 Å². The van der Waals surface area contributed by atoms with Gasteiger partial charge < -0.3 is 9.26 Å². The molecule has 0 spiro atoms. The molecular weight excluding hydrogens is 403 g/mol. The highest BCUT2D eigenvalue weighted by Crippen LogP contribution is 2.79. The predicted molar refractivity (Wildman–Crippen MR) is 124 cm³/mol. The molecule has 1 saturated heterocycles. The second-order valence-corrected chi connectivity index (χ2v) is 11.5. The average Bonchev–Trinajstić information content (AvgIpc) is 3.09. The zero-order chi connectivity index (χ0) is 21.9. The van der Waals surface area contributed by atoms with E-state index in [0.717, 1.165) is 22.3 Å². The lowest BCUT2D eigenvalue weighted by Gasteiger charge is -2.43. The second kappa shape index (κ2) is 7.10. The third-order valence-electron chi connectivity index (χ3n) is 6.50. The van der Waals surface area contributed by atoms with Gasteiger partial charge in [-0.3, -0.25) is 4.79 Å². The lowest BCUT2D eigenvalue weighted by Crippen LogP contribution is -2.52. The third-order valence-corrected chi connectivity index (χ3v) is 9.71. The number of carbonyl (C=O) groups excluding carboxylic acids is 1. The van der Waals surface area contributed by atoms with Crippen LogP contribution in [0.1, 0.15) is 47.8 Å². The Hall–Kier alpha value is -2.32. The molecule has 2 aliphatic rings. The van der Waals surface area contributed by atoms with Crippen LogP contribution in [0.25, 0.3) is 0 Å². The molecule has 31 heavy (non-hydrogen) atoms. The Morgan fingerprint density at radius 1 is 0.839 bits per heavy atom. The molecule has 2 bridgehead atoms. The van der Waals surface area contributed by atoms with Crippen LogP contribution in [-0.4, -0.2) is 18.6 Å². The Morgan fingerprint density at radius 3 is 1.97 bits per heavy atom. The molecule has 2 aliphatic heterocycles. The van der Waals surface area contributed by atoms with Gasteiger partial charge in [-0.1, -0.05) is 106 Å². The summed E-state index contributed by atoms with van der Waals surface area (Å²) in [5, 5.41) is -0.816. The molecule has 3 aromatic carbocycles. The van der Waals surface area contributed by atoms with Crippen molar-refractivity contribution >= 4 is 13.9 Å². The van der Waals surface area contributed by atoms with Crippen molar-refractivity contribution in [3.8, 4) is 0 Å². The van der Waals surface area contributed by atoms with E-state index in [1.807, 2.05) is 72.8 Å². The number of carbonyl (C=O) groups is 1. The smallest absolute Gasteiger partial charge is 0.200 e. The van der Waals surface area contributed by atoms with Crippen molar-refractivity contribution in [3.05, 3.63) is 107 Å². The lowest BCUT2D eigenvalue weighted by atomic mass is 9.71. The quantitative estimate of drug-likeness (QED) is 0.447. The van der Waals surface area contributed by atoms with Crippen LogP contribution in [0.4, 0.5) is 0 Å². The van der Waals surface area contributed by atoms with Gasteiger partial charge in [0.2, 0.25) is 0 Å². The highest BCUT2D eigenvalue weighted by molar-refractivity contribution is 7.55. The predicted octanol–water partition coefficient (Wildman–Crippen LogP) is 6.47. The van der Waals surface area contributed by atoms with Gasteiger partial charge in [-0.15, -0.1) is 0 Å². The maximum absolute atomic E-state index is 14.3. The second-order valence-electron chi connectivity index (χ2n) is 9.37. The molecule has 0 saturated carbocycles. The van der Waals surface area contributed by atoms with E-state index in [1.54, 1.807) is 7.11 Å². The topological polar surface area (TPSA) is 35.5 Å². The molecule has 1 fully saturated rings. The highest BCUT2D eigenvalue weighted by Gasteiger charge is 2.73. The first kappa shape index (κ1) is 20.6. The fraction of sp³-hybridized carbons (Fsp3) is 0.296. The molecule has 0 amide bonds. The van der Waals surface area contributed by atoms with Crippen molar-refractivity contribution in [2.45, 2.75) is 37.4 Å². The van der Waals surface area contributed by atoms with Crippen molar-refractivity contribution in [3.63, 3.8) is 0 Å². The molecular formula is C27H27O3P. The molecule has 0 aromatic heterocycles. The molecule has 0 aliphatic carbocycles. The first-order chi connectivity index (χ1) is 14.9. The van der Waals surface area contributed by atoms with Gasteiger partial charge in [0.05, 0.1) is 13.8 Å². The molecule has 4 heteroatoms. The van der Waals surface area contributed by atoms with Crippen LogP contribution >= 0.6 is 8.15 Å². The Morgan fingerprint density at radius 2 is 1.39 bits per heavy atom. The van der Waals surface area contributed by atoms with Crippen LogP contribution in [0, 0.1) is 5.41 Å². The number of rotatable bonds is 3. The maximum Gasteiger partial charge on any atom is 0.200 e. The molecule has 3 nitrogen and oxygen atoms in total. The van der Waals surface area contributed by atoms with E-state index in [-0.39, 0.29) is 16.9 Å². The van der Waals surface area contributed by atoms with Crippen LogP contribution in [0.3, 0.4) is 0 Å². The van der Waals surface area contributed by atoms with Gasteiger partial charge >= 0.3 is 0 Å². The van der Waals surface area contributed by atoms with E-state index in [9.17, 15) is 4.79 Å². The summed E-state index contributed by atoms with van der Waals surface area (Å²) in [6.07, 6.45) is 0. The van der Waals surface area contributed by atoms with Crippen molar-refractivity contribution < 1.29 is 14.1 Å². The highest BCUT2D eigenvalue weighted by atomic mass is 31.1. The minimum absolute atomic E-state index is 0.0304. The summed E-state index contributed by atoms with van der Waals surface area (Å²) >= 11 is 0. The number of hydrogen-bond acceptors (Lipinski definition) is 3. The standard InChI is InChI=1S/C27H27O3P/c1-25(2,3)24-26(19-13-7-5-8-14-19)23(28)21-17-11-12-18-22(21)27(30-26,31(24)29-4)20-15-9-6-10-16-20/h5-18,24H,1-4H3/t24-,26+,27+,31?/m1/s1. The molecule has 0 N–H and O–H groups in total. The lowest BCUT2D eigenvalue weighted by molar-refractivity contribution is -0.0803. The number of ketones is 1. The van der Waals surface area contributed by atoms with Crippen LogP contribution < -0.4 is 0 Å². The van der Waals surface area contributed by atoms with Crippen LogP contribution in [-0.2, 0) is 20.2 Å². The first-order valence-corrected chi connectivity index (χ1v) is 12.0. The van der Waals surface area contributed by atoms with E-state index < -0.39 is 19.1 Å². The Kier molecular flexibility index (Phi) is 4.71. The fourth-order valence-corrected chi connectivity index (χ4v) is 8.69. The van der Waals surface area contributed by atoms with Gasteiger partial charge in [-0.2, -0.15) is 0 Å². The van der Waals surface area contributed by atoms with E-state index in [2.05, 4.69) is 32.9 Å². The van der Waals surface area contributed by atoms with Crippen LogP contribution in [0.2, 0.25) is 0 Å². The number of hydrogen-bond donors (Lipinski definition) is 0. The van der Waals surface area contributed by atoms with Gasteiger partial charge in [0, 0.05) is 18.2 Å². The van der Waals surface area contributed by atoms with Crippen molar-refractivity contribution in [2.75, 3.05) is 7.11 Å². The van der Waals surface area contributed by atoms with Gasteiger partial charge in [-0.25, -0.2) is 0 Å². The number of ether oxygens (including phenoxy) is 1. The summed E-state index contributed by atoms with van der Waals surface area (Å²) < 4.78 is 13.5. The monoisotopic (exact) mass is 430 g/mol. The summed E-state index contributed by atoms with van der Waals surface area (Å²) in [7, 11) is 0.545. The summed E-state index contributed by atoms with van der Waals surface area (Å²) in [5.74, 6) is 0.0304. The number of Topliss-reactive ketones (excluding diaryl/α,β-unsaturated/α-hetero) is 1. The zero-order valence-corrected chi connectivity index (χ0v) is 19.2. The maximum atomic E-state index is 14.3. The van der Waals surface area contributed by atoms with Crippen molar-refractivity contribution in [1.29, 1.82) is 0 Å². The van der Waals surface area contributed by atoms with Crippen molar-refractivity contribution in [1.82, 2.24) is 0 Å². The zero-order valence-electron chi connectivity index (χ0n) is 18.3. The first-order valence-electron chi connectivity index (χ1n) is 10.7. The Bertz CT molecular complexity index is 1120. The summed E-state index contributed by atoms with van der Waals surface area (Å²) in [5.41, 5.74) is 2.11. The van der Waals surface area contributed by atoms with Gasteiger partial charge in [0.15, 0.2) is 16.7 Å². The summed E-state index contributed by atoms with van der Waals surface area (Å²) in [4.78, 5) is 14.3. The van der Waals surface area contributed by atoms with E-state index in [4.69, 9.17) is 9.26 Å². The largest absolute Gasteiger partial charge is 0.358 e. The number of benzene rings is 3. The van der Waals surface area contributed by atoms with E-state index in [0.29, 0.717) is 0 Å². The molecule has 5 rings (SSSR count). The van der Waals surface area contributed by atoms with Crippen LogP contribution in [0.15, 0.2) is 84.9 Å². The van der Waals surface area contributed by atoms with E-state index >= 15 is 0 Å². The number of fused-ring (bicyclic) bond motifs is 4. The SMILES string of the molecule is COP1[C@H](C(C)(C)C)[C@@]2(c3ccccc3)O[C@]1(c1ccccc1)c1ccccc1C2=O. The molecule has 158 valence electrons. The normalized spacial score (nSPS) is 29.6. The molecule has 1 unspecified atom stereocenters. The van der Waals surface area contributed by atoms with Gasteiger partial charge in [0.1, 0.15) is 0 Å². The van der Waals surface area contributed by atoms with Gasteiger partial charge in [0.25, 0.3) is 0 Å². The third kappa shape index (κ3) is 2.67. The minimum Gasteiger partial charge on any atom is -0.358 e. The summed E-state index contributed by atoms with van der Waals surface area (Å²) in [6.45, 7) is 6.58. The van der Waals surface area contributed by atoms with E-state index in [1.165, 1.54) is 0 Å². The summed E-state index contributed by atoms with van der Waals surface area (Å²) in [6, 6.07) is 28.2. The average molecular weight is 430 g/mol. The minimum atomic E-state index is -1.22. The Balaban J connectivity index is 1.94. The fourth-order valence-electron chi connectivity index (χ4n) is 5.44. The van der Waals surface area contributed by atoms with Gasteiger partial charge in [-0.05, 0) is 16.5 Å². The molecule has 3 aromatic rings. The Labute approximate surface area is 185 Å². The van der Waals surface area contributed by atoms with Crippen LogP contribution in [0.5, 0.6) is 0 Å². The molecule has 2 heterocycles. The molecule has 4 atom stereocenters.